The van der Waals surface area contributed by atoms with E-state index in [9.17, 15) is 33.0 Å². The van der Waals surface area contributed by atoms with Crippen molar-refractivity contribution >= 4 is 27.6 Å². The third-order valence-electron chi connectivity index (χ3n) is 5.02. The average Bonchev–Trinajstić information content (AvgIpc) is 2.74. The molecule has 0 fully saturated rings. The van der Waals surface area contributed by atoms with Gasteiger partial charge in [0.25, 0.3) is 0 Å². The van der Waals surface area contributed by atoms with Crippen LogP contribution in [0.2, 0.25) is 0 Å². The van der Waals surface area contributed by atoms with E-state index >= 15 is 0 Å². The number of ether oxygens (including phenoxy) is 1. The molecule has 0 aromatic heterocycles. The molecule has 0 radical (unpaired) electrons. The first-order chi connectivity index (χ1) is 15.0. The topological polar surface area (TPSA) is 159 Å². The molecule has 176 valence electrons. The van der Waals surface area contributed by atoms with Crippen molar-refractivity contribution in [2.45, 2.75) is 49.5 Å². The third kappa shape index (κ3) is 6.38. The number of esters is 1. The van der Waals surface area contributed by atoms with Gasteiger partial charge in [-0.15, -0.1) is 0 Å². The van der Waals surface area contributed by atoms with Crippen LogP contribution in [0.15, 0.2) is 46.9 Å². The number of rotatable bonds is 8. The molecule has 0 bridgehead atoms. The molecule has 0 saturated heterocycles. The Hall–Kier alpha value is -2.76. The molecule has 1 aromatic carbocycles. The molecule has 1 aliphatic carbocycles. The second-order valence-electron chi connectivity index (χ2n) is 7.84. The lowest BCUT2D eigenvalue weighted by Crippen LogP contribution is -2.53. The molecule has 4 N–H and O–H groups in total. The van der Waals surface area contributed by atoms with E-state index in [4.69, 9.17) is 0 Å². The summed E-state index contributed by atoms with van der Waals surface area (Å²) in [5, 5.41) is 25.3. The summed E-state index contributed by atoms with van der Waals surface area (Å²) >= 11 is 0. The monoisotopic (exact) mass is 468 g/mol. The van der Waals surface area contributed by atoms with Gasteiger partial charge in [0, 0.05) is 12.0 Å². The van der Waals surface area contributed by atoms with Gasteiger partial charge < -0.3 is 25.6 Å². The maximum atomic E-state index is 12.6. The van der Waals surface area contributed by atoms with Gasteiger partial charge in [0.2, 0.25) is 11.8 Å². The van der Waals surface area contributed by atoms with E-state index in [0.29, 0.717) is 0 Å². The lowest BCUT2D eigenvalue weighted by molar-refractivity contribution is -0.146. The molecular formula is C21H28N2O8S. The number of hydrogen-bond donors (Lipinski definition) is 4. The van der Waals surface area contributed by atoms with Crippen LogP contribution in [0, 0.1) is 5.92 Å². The summed E-state index contributed by atoms with van der Waals surface area (Å²) in [6.07, 6.45) is -1.80. The Morgan fingerprint density at radius 1 is 1.16 bits per heavy atom. The minimum absolute atomic E-state index is 0.0301. The van der Waals surface area contributed by atoms with Crippen molar-refractivity contribution in [2.24, 2.45) is 5.92 Å². The molecule has 32 heavy (non-hydrogen) atoms. The van der Waals surface area contributed by atoms with E-state index in [0.717, 1.165) is 0 Å². The summed E-state index contributed by atoms with van der Waals surface area (Å²) < 4.78 is 29.4. The molecule has 0 aliphatic heterocycles. The molecule has 11 heteroatoms. The molecule has 0 unspecified atom stereocenters. The van der Waals surface area contributed by atoms with Crippen LogP contribution in [0.1, 0.15) is 20.3 Å². The predicted octanol–water partition coefficient (Wildman–Crippen LogP) is -0.689. The van der Waals surface area contributed by atoms with Gasteiger partial charge in [0.1, 0.15) is 17.9 Å². The van der Waals surface area contributed by atoms with E-state index in [-0.39, 0.29) is 22.8 Å². The Labute approximate surface area is 186 Å². The van der Waals surface area contributed by atoms with Crippen molar-refractivity contribution in [3.63, 3.8) is 0 Å². The third-order valence-corrected chi connectivity index (χ3v) is 6.66. The predicted molar refractivity (Wildman–Crippen MR) is 114 cm³/mol. The number of carbonyl (C=O) groups excluding carboxylic acids is 3. The zero-order valence-electron chi connectivity index (χ0n) is 18.0. The van der Waals surface area contributed by atoms with Gasteiger partial charge in [0.15, 0.2) is 9.84 Å². The van der Waals surface area contributed by atoms with Crippen molar-refractivity contribution < 1.29 is 37.8 Å². The smallest absolute Gasteiger partial charge is 0.328 e. The van der Waals surface area contributed by atoms with Crippen LogP contribution >= 0.6 is 0 Å². The maximum Gasteiger partial charge on any atom is 0.328 e. The molecule has 2 amide bonds. The van der Waals surface area contributed by atoms with Gasteiger partial charge in [-0.25, -0.2) is 13.2 Å². The Morgan fingerprint density at radius 3 is 2.34 bits per heavy atom. The summed E-state index contributed by atoms with van der Waals surface area (Å²) in [5.74, 6) is -3.36. The van der Waals surface area contributed by atoms with Crippen LogP contribution in [0.25, 0.3) is 0 Å². The second-order valence-corrected chi connectivity index (χ2v) is 9.83. The van der Waals surface area contributed by atoms with Gasteiger partial charge in [-0.2, -0.15) is 0 Å². The van der Waals surface area contributed by atoms with Crippen LogP contribution in [0.4, 0.5) is 0 Å². The first-order valence-electron chi connectivity index (χ1n) is 9.99. The zero-order chi connectivity index (χ0) is 24.1. The highest BCUT2D eigenvalue weighted by Crippen LogP contribution is 2.21. The number of nitrogens with one attached hydrogen (secondary N) is 2. The Kier molecular flexibility index (Phi) is 8.53. The van der Waals surface area contributed by atoms with Crippen LogP contribution in [0.5, 0.6) is 0 Å². The normalized spacial score (nSPS) is 21.9. The van der Waals surface area contributed by atoms with Gasteiger partial charge in [-0.05, 0) is 18.1 Å². The van der Waals surface area contributed by atoms with Crippen molar-refractivity contribution in [2.75, 3.05) is 12.9 Å². The van der Waals surface area contributed by atoms with Crippen molar-refractivity contribution in [1.82, 2.24) is 10.6 Å². The molecule has 4 atom stereocenters. The second kappa shape index (κ2) is 10.7. The first kappa shape index (κ1) is 25.5. The number of aliphatic hydroxyl groups excluding tert-OH is 2. The fourth-order valence-corrected chi connectivity index (χ4v) is 4.40. The van der Waals surface area contributed by atoms with E-state index in [1.165, 1.54) is 37.5 Å². The zero-order valence-corrected chi connectivity index (χ0v) is 18.8. The Bertz CT molecular complexity index is 975. The first-order valence-corrected chi connectivity index (χ1v) is 11.6. The summed E-state index contributed by atoms with van der Waals surface area (Å²) in [6.45, 7) is 3.43. The number of hydrogen-bond acceptors (Lipinski definition) is 8. The number of carbonyl (C=O) groups is 3. The quantitative estimate of drug-likeness (QED) is 0.365. The highest BCUT2D eigenvalue weighted by Gasteiger charge is 2.35. The number of amides is 2. The van der Waals surface area contributed by atoms with E-state index in [1.807, 2.05) is 0 Å². The Morgan fingerprint density at radius 2 is 1.78 bits per heavy atom. The molecular weight excluding hydrogens is 440 g/mol. The number of methoxy groups -OCH3 is 1. The van der Waals surface area contributed by atoms with Crippen LogP contribution in [-0.4, -0.2) is 73.6 Å². The highest BCUT2D eigenvalue weighted by molar-refractivity contribution is 7.92. The van der Waals surface area contributed by atoms with Crippen LogP contribution < -0.4 is 10.6 Å². The Balaban J connectivity index is 2.15. The summed E-state index contributed by atoms with van der Waals surface area (Å²) in [4.78, 5) is 36.9. The lowest BCUT2D eigenvalue weighted by Gasteiger charge is -2.31. The van der Waals surface area contributed by atoms with Gasteiger partial charge in [-0.1, -0.05) is 38.1 Å². The SMILES string of the molecule is COC(=O)[C@H](NC(=O)C1=C[C@@H](NC(=O)CS(=O)(=O)c2ccccc2)[C@@H](O)[C@H](O)C1)C(C)C. The van der Waals surface area contributed by atoms with Crippen LogP contribution in [0.3, 0.4) is 0 Å². The standard InChI is InChI=1S/C21H28N2O8S/c1-12(2)18(21(28)31-3)23-20(27)13-9-15(19(26)16(24)10-13)22-17(25)11-32(29,30)14-7-5-4-6-8-14/h4-9,12,15-16,18-19,24,26H,10-11H2,1-3H3,(H,22,25)(H,23,27)/t15-,16-,18-,19-/m1/s1. The summed E-state index contributed by atoms with van der Waals surface area (Å²) in [7, 11) is -2.72. The van der Waals surface area contributed by atoms with E-state index in [2.05, 4.69) is 15.4 Å². The maximum absolute atomic E-state index is 12.6. The minimum Gasteiger partial charge on any atom is -0.467 e. The minimum atomic E-state index is -3.92. The fraction of sp³-hybridized carbons (Fsp3) is 0.476. The van der Waals surface area contributed by atoms with Gasteiger partial charge in [-0.3, -0.25) is 9.59 Å². The highest BCUT2D eigenvalue weighted by atomic mass is 32.2. The molecule has 2 rings (SSSR count). The molecule has 0 spiro atoms. The number of aliphatic hydroxyl groups is 2. The van der Waals surface area contributed by atoms with Crippen molar-refractivity contribution in [1.29, 1.82) is 0 Å². The fourth-order valence-electron chi connectivity index (χ4n) is 3.23. The lowest BCUT2D eigenvalue weighted by atomic mass is 9.89. The van der Waals surface area contributed by atoms with E-state index < -0.39 is 57.7 Å². The largest absolute Gasteiger partial charge is 0.467 e. The summed E-state index contributed by atoms with van der Waals surface area (Å²) in [5.41, 5.74) is 0.0357. The van der Waals surface area contributed by atoms with Crippen molar-refractivity contribution in [3.05, 3.63) is 42.0 Å². The molecule has 0 heterocycles. The number of sulfone groups is 1. The summed E-state index contributed by atoms with van der Waals surface area (Å²) in [6, 6.07) is 5.28. The molecule has 0 saturated carbocycles. The van der Waals surface area contributed by atoms with Crippen LogP contribution in [-0.2, 0) is 29.0 Å². The number of benzene rings is 1. The average molecular weight is 469 g/mol. The molecule has 1 aliphatic rings. The van der Waals surface area contributed by atoms with Gasteiger partial charge in [0.05, 0.1) is 24.2 Å². The molecule has 10 nitrogen and oxygen atoms in total. The van der Waals surface area contributed by atoms with Crippen molar-refractivity contribution in [3.8, 4) is 0 Å². The van der Waals surface area contributed by atoms with Gasteiger partial charge >= 0.3 is 5.97 Å². The molecule has 1 aromatic rings. The van der Waals surface area contributed by atoms with E-state index in [1.54, 1.807) is 19.9 Å².